The number of hydrogen-bond acceptors (Lipinski definition) is 5. The van der Waals surface area contributed by atoms with Crippen LogP contribution in [0.1, 0.15) is 12.0 Å². The number of hydrogen-bond donors (Lipinski definition) is 2. The van der Waals surface area contributed by atoms with Gasteiger partial charge in [-0.25, -0.2) is 4.79 Å². The number of carbonyl (C=O) groups is 1. The summed E-state index contributed by atoms with van der Waals surface area (Å²) in [5, 5.41) is 2.65. The second kappa shape index (κ2) is 10.2. The first-order chi connectivity index (χ1) is 9.76. The van der Waals surface area contributed by atoms with Crippen molar-refractivity contribution >= 4 is 11.8 Å². The smallest absolute Gasteiger partial charge is 0.411 e. The maximum Gasteiger partial charge on any atom is 0.411 e. The van der Waals surface area contributed by atoms with Gasteiger partial charge in [0.2, 0.25) is 0 Å². The van der Waals surface area contributed by atoms with E-state index in [4.69, 9.17) is 19.9 Å². The Bertz CT molecular complexity index is 399. The summed E-state index contributed by atoms with van der Waals surface area (Å²) in [6.07, 6.45) is 0.177. The van der Waals surface area contributed by atoms with Gasteiger partial charge in [0.15, 0.2) is 0 Å². The van der Waals surface area contributed by atoms with Gasteiger partial charge in [-0.05, 0) is 17.7 Å². The topological polar surface area (TPSA) is 82.8 Å². The molecule has 0 fully saturated rings. The Morgan fingerprint density at radius 3 is 2.85 bits per heavy atom. The lowest BCUT2D eigenvalue weighted by molar-refractivity contribution is 0.0608. The fourth-order valence-corrected chi connectivity index (χ4v) is 1.50. The second-order valence-corrected chi connectivity index (χ2v) is 4.12. The van der Waals surface area contributed by atoms with Crippen LogP contribution in [0, 0.1) is 0 Å². The molecule has 6 heteroatoms. The molecule has 0 aliphatic carbocycles. The minimum Gasteiger partial charge on any atom is -0.449 e. The van der Waals surface area contributed by atoms with Crippen molar-refractivity contribution in [2.45, 2.75) is 13.0 Å². The summed E-state index contributed by atoms with van der Waals surface area (Å²) in [5.74, 6) is 0. The van der Waals surface area contributed by atoms with Crippen molar-refractivity contribution in [2.24, 2.45) is 5.73 Å². The van der Waals surface area contributed by atoms with E-state index in [-0.39, 0.29) is 0 Å². The molecular formula is C14H22N2O4. The number of ether oxygens (including phenoxy) is 3. The molecule has 112 valence electrons. The van der Waals surface area contributed by atoms with Gasteiger partial charge in [-0.3, -0.25) is 5.32 Å². The van der Waals surface area contributed by atoms with Gasteiger partial charge in [0, 0.05) is 32.4 Å². The molecule has 1 amide bonds. The van der Waals surface area contributed by atoms with Gasteiger partial charge in [0.1, 0.15) is 0 Å². The summed E-state index contributed by atoms with van der Waals surface area (Å²) in [4.78, 5) is 11.5. The van der Waals surface area contributed by atoms with Gasteiger partial charge in [0.05, 0.1) is 19.8 Å². The molecule has 3 N–H and O–H groups in total. The average molecular weight is 282 g/mol. The Kier molecular flexibility index (Phi) is 8.37. The highest BCUT2D eigenvalue weighted by Crippen LogP contribution is 2.10. The Morgan fingerprint density at radius 2 is 2.10 bits per heavy atom. The zero-order valence-electron chi connectivity index (χ0n) is 11.8. The molecule has 0 bridgehead atoms. The van der Waals surface area contributed by atoms with Crippen LogP contribution in [0.25, 0.3) is 0 Å². The predicted octanol–water partition coefficient (Wildman–Crippen LogP) is 1.75. The number of methoxy groups -OCH3 is 1. The maximum atomic E-state index is 11.5. The largest absolute Gasteiger partial charge is 0.449 e. The van der Waals surface area contributed by atoms with Crippen molar-refractivity contribution in [3.8, 4) is 0 Å². The summed E-state index contributed by atoms with van der Waals surface area (Å²) in [6.45, 7) is 2.41. The van der Waals surface area contributed by atoms with E-state index in [1.165, 1.54) is 0 Å². The molecule has 0 saturated heterocycles. The lowest BCUT2D eigenvalue weighted by Gasteiger charge is -2.08. The summed E-state index contributed by atoms with van der Waals surface area (Å²) in [5.41, 5.74) is 7.16. The Labute approximate surface area is 119 Å². The number of benzene rings is 1. The van der Waals surface area contributed by atoms with Crippen LogP contribution in [0.3, 0.4) is 0 Å². The number of amides is 1. The van der Waals surface area contributed by atoms with E-state index in [1.54, 1.807) is 13.2 Å². The Morgan fingerprint density at radius 1 is 1.25 bits per heavy atom. The zero-order chi connectivity index (χ0) is 14.6. The lowest BCUT2D eigenvalue weighted by atomic mass is 10.2. The van der Waals surface area contributed by atoms with E-state index in [0.29, 0.717) is 45.1 Å². The van der Waals surface area contributed by atoms with E-state index in [1.807, 2.05) is 18.2 Å². The van der Waals surface area contributed by atoms with Crippen LogP contribution in [0.5, 0.6) is 0 Å². The molecule has 0 saturated carbocycles. The minimum absolute atomic E-state index is 0.315. The average Bonchev–Trinajstić information content (AvgIpc) is 2.46. The molecular weight excluding hydrogens is 260 g/mol. The summed E-state index contributed by atoms with van der Waals surface area (Å²) in [7, 11) is 1.62. The summed E-state index contributed by atoms with van der Waals surface area (Å²) >= 11 is 0. The third-order valence-corrected chi connectivity index (χ3v) is 2.51. The maximum absolute atomic E-state index is 11.5. The summed E-state index contributed by atoms with van der Waals surface area (Å²) in [6, 6.07) is 7.33. The molecule has 0 radical (unpaired) electrons. The number of carbonyl (C=O) groups excluding carboxylic acids is 1. The molecule has 0 heterocycles. The summed E-state index contributed by atoms with van der Waals surface area (Å²) < 4.78 is 15.1. The van der Waals surface area contributed by atoms with Crippen molar-refractivity contribution in [2.75, 3.05) is 38.9 Å². The molecule has 0 atom stereocenters. The highest BCUT2D eigenvalue weighted by molar-refractivity contribution is 5.84. The van der Waals surface area contributed by atoms with E-state index in [9.17, 15) is 4.79 Å². The van der Waals surface area contributed by atoms with Crippen molar-refractivity contribution in [3.05, 3.63) is 29.8 Å². The first kappa shape index (κ1) is 16.4. The van der Waals surface area contributed by atoms with Gasteiger partial charge in [-0.1, -0.05) is 12.1 Å². The number of nitrogens with one attached hydrogen (secondary N) is 1. The molecule has 0 aliphatic rings. The normalized spacial score (nSPS) is 10.3. The quantitative estimate of drug-likeness (QED) is 0.674. The highest BCUT2D eigenvalue weighted by Gasteiger charge is 2.03. The SMILES string of the molecule is COCCOCCCOC(=O)Nc1cccc(CN)c1. The molecule has 0 unspecified atom stereocenters. The van der Waals surface area contributed by atoms with E-state index < -0.39 is 6.09 Å². The van der Waals surface area contributed by atoms with Crippen molar-refractivity contribution in [1.82, 2.24) is 0 Å². The fourth-order valence-electron chi connectivity index (χ4n) is 1.50. The van der Waals surface area contributed by atoms with Gasteiger partial charge in [-0.15, -0.1) is 0 Å². The standard InChI is InChI=1S/C14H22N2O4/c1-18-8-9-19-6-3-7-20-14(17)16-13-5-2-4-12(10-13)11-15/h2,4-5,10H,3,6-9,11,15H2,1H3,(H,16,17). The van der Waals surface area contributed by atoms with Crippen LogP contribution < -0.4 is 11.1 Å². The highest BCUT2D eigenvalue weighted by atomic mass is 16.6. The number of nitrogens with two attached hydrogens (primary N) is 1. The van der Waals surface area contributed by atoms with E-state index in [0.717, 1.165) is 5.56 Å². The van der Waals surface area contributed by atoms with Crippen molar-refractivity contribution in [1.29, 1.82) is 0 Å². The van der Waals surface area contributed by atoms with Crippen LogP contribution in [-0.4, -0.2) is 39.6 Å². The molecule has 0 aliphatic heterocycles. The van der Waals surface area contributed by atoms with Gasteiger partial charge < -0.3 is 19.9 Å². The van der Waals surface area contributed by atoms with Crippen molar-refractivity contribution in [3.63, 3.8) is 0 Å². The van der Waals surface area contributed by atoms with Crippen LogP contribution in [-0.2, 0) is 20.8 Å². The molecule has 1 rings (SSSR count). The third-order valence-electron chi connectivity index (χ3n) is 2.51. The van der Waals surface area contributed by atoms with Crippen LogP contribution in [0.15, 0.2) is 24.3 Å². The molecule has 6 nitrogen and oxygen atoms in total. The zero-order valence-corrected chi connectivity index (χ0v) is 11.8. The van der Waals surface area contributed by atoms with Crippen LogP contribution in [0.2, 0.25) is 0 Å². The van der Waals surface area contributed by atoms with E-state index in [2.05, 4.69) is 5.32 Å². The van der Waals surface area contributed by atoms with Gasteiger partial charge in [-0.2, -0.15) is 0 Å². The van der Waals surface area contributed by atoms with Gasteiger partial charge in [0.25, 0.3) is 0 Å². The lowest BCUT2D eigenvalue weighted by Crippen LogP contribution is -2.15. The van der Waals surface area contributed by atoms with Crippen molar-refractivity contribution < 1.29 is 19.0 Å². The fraction of sp³-hybridized carbons (Fsp3) is 0.500. The Hall–Kier alpha value is -1.63. The Balaban J connectivity index is 2.13. The predicted molar refractivity (Wildman–Crippen MR) is 76.6 cm³/mol. The molecule has 1 aromatic carbocycles. The molecule has 0 spiro atoms. The number of rotatable bonds is 9. The molecule has 1 aromatic rings. The van der Waals surface area contributed by atoms with Crippen LogP contribution >= 0.6 is 0 Å². The third kappa shape index (κ3) is 7.08. The molecule has 20 heavy (non-hydrogen) atoms. The minimum atomic E-state index is -0.476. The number of anilines is 1. The van der Waals surface area contributed by atoms with E-state index >= 15 is 0 Å². The monoisotopic (exact) mass is 282 g/mol. The van der Waals surface area contributed by atoms with Gasteiger partial charge >= 0.3 is 6.09 Å². The first-order valence-corrected chi connectivity index (χ1v) is 6.55. The van der Waals surface area contributed by atoms with Crippen LogP contribution in [0.4, 0.5) is 10.5 Å². The first-order valence-electron chi connectivity index (χ1n) is 6.55. The second-order valence-electron chi connectivity index (χ2n) is 4.12. The molecule has 0 aromatic heterocycles.